The predicted molar refractivity (Wildman–Crippen MR) is 128 cm³/mol. The number of aromatic nitrogens is 3. The van der Waals surface area contributed by atoms with Crippen molar-refractivity contribution in [3.05, 3.63) is 35.0 Å². The number of methoxy groups -OCH3 is 2. The maximum absolute atomic E-state index is 13.7. The van der Waals surface area contributed by atoms with Gasteiger partial charge in [0, 0.05) is 32.2 Å². The van der Waals surface area contributed by atoms with Crippen LogP contribution in [0.2, 0.25) is 0 Å². The van der Waals surface area contributed by atoms with Gasteiger partial charge in [-0.1, -0.05) is 17.4 Å². The van der Waals surface area contributed by atoms with E-state index in [1.165, 1.54) is 31.6 Å². The Kier molecular flexibility index (Phi) is 7.36. The number of ether oxygens (including phenoxy) is 3. The van der Waals surface area contributed by atoms with Crippen molar-refractivity contribution in [3.8, 4) is 11.9 Å². The van der Waals surface area contributed by atoms with E-state index in [0.29, 0.717) is 11.7 Å². The maximum atomic E-state index is 13.7. The van der Waals surface area contributed by atoms with Crippen molar-refractivity contribution in [3.63, 3.8) is 0 Å². The van der Waals surface area contributed by atoms with Crippen LogP contribution < -0.4 is 14.4 Å². The first-order chi connectivity index (χ1) is 16.0. The summed E-state index contributed by atoms with van der Waals surface area (Å²) in [6.07, 6.45) is 0.805. The van der Waals surface area contributed by atoms with Crippen LogP contribution in [0.25, 0.3) is 10.2 Å². The number of carbonyl (C=O) groups excluding carboxylic acids is 1. The molecule has 0 N–H and O–H groups in total. The van der Waals surface area contributed by atoms with Crippen LogP contribution in [0.3, 0.4) is 0 Å². The minimum Gasteiger partial charge on any atom is -0.481 e. The Morgan fingerprint density at radius 2 is 1.91 bits per heavy atom. The molecule has 1 amide bonds. The van der Waals surface area contributed by atoms with E-state index in [1.54, 1.807) is 4.90 Å². The van der Waals surface area contributed by atoms with E-state index in [1.807, 2.05) is 0 Å². The van der Waals surface area contributed by atoms with Crippen LogP contribution >= 0.6 is 11.3 Å². The van der Waals surface area contributed by atoms with E-state index < -0.39 is 0 Å². The van der Waals surface area contributed by atoms with Crippen LogP contribution in [0.4, 0.5) is 5.13 Å². The summed E-state index contributed by atoms with van der Waals surface area (Å²) in [4.78, 5) is 30.9. The van der Waals surface area contributed by atoms with Gasteiger partial charge in [-0.05, 0) is 37.5 Å². The van der Waals surface area contributed by atoms with E-state index in [-0.39, 0.29) is 23.5 Å². The normalized spacial score (nSPS) is 14.4. The average molecular weight is 472 g/mol. The highest BCUT2D eigenvalue weighted by molar-refractivity contribution is 7.22. The van der Waals surface area contributed by atoms with Crippen LogP contribution in [0.15, 0.2) is 18.2 Å². The maximum Gasteiger partial charge on any atom is 0.320 e. The highest BCUT2D eigenvalue weighted by atomic mass is 32.1. The summed E-state index contributed by atoms with van der Waals surface area (Å²) < 4.78 is 16.9. The number of fused-ring (bicyclic) bond motifs is 1. The number of morpholine rings is 1. The van der Waals surface area contributed by atoms with Gasteiger partial charge in [0.25, 0.3) is 5.91 Å². The third-order valence-corrected chi connectivity index (χ3v) is 6.77. The molecule has 1 aliphatic heterocycles. The number of amides is 1. The third-order valence-electron chi connectivity index (χ3n) is 5.54. The molecular weight excluding hydrogens is 442 g/mol. The number of anilines is 1. The van der Waals surface area contributed by atoms with Gasteiger partial charge in [0.15, 0.2) is 5.13 Å². The summed E-state index contributed by atoms with van der Waals surface area (Å²) in [6, 6.07) is 5.80. The Labute approximate surface area is 197 Å². The fourth-order valence-electron chi connectivity index (χ4n) is 3.89. The second-order valence-corrected chi connectivity index (χ2v) is 8.95. The number of rotatable bonds is 8. The highest BCUT2D eigenvalue weighted by Crippen LogP contribution is 2.33. The van der Waals surface area contributed by atoms with Gasteiger partial charge in [-0.15, -0.1) is 0 Å². The Bertz CT molecular complexity index is 1110. The number of benzene rings is 1. The van der Waals surface area contributed by atoms with E-state index in [4.69, 9.17) is 19.2 Å². The molecule has 1 aliphatic rings. The van der Waals surface area contributed by atoms with Gasteiger partial charge in [-0.25, -0.2) is 4.98 Å². The zero-order chi connectivity index (χ0) is 23.4. The summed E-state index contributed by atoms with van der Waals surface area (Å²) in [6.45, 7) is 8.84. The average Bonchev–Trinajstić information content (AvgIpc) is 3.25. The first kappa shape index (κ1) is 23.3. The molecule has 176 valence electrons. The minimum absolute atomic E-state index is 0.0849. The Balaban J connectivity index is 1.65. The molecule has 10 heteroatoms. The Morgan fingerprint density at radius 3 is 2.64 bits per heavy atom. The van der Waals surface area contributed by atoms with Gasteiger partial charge < -0.3 is 14.2 Å². The van der Waals surface area contributed by atoms with Gasteiger partial charge >= 0.3 is 6.01 Å². The summed E-state index contributed by atoms with van der Waals surface area (Å²) in [5.74, 6) is 0.0126. The van der Waals surface area contributed by atoms with Crippen molar-refractivity contribution in [2.45, 2.75) is 20.3 Å². The lowest BCUT2D eigenvalue weighted by Gasteiger charge is -2.27. The van der Waals surface area contributed by atoms with Crippen molar-refractivity contribution in [2.75, 3.05) is 58.5 Å². The molecule has 1 aromatic carbocycles. The number of carbonyl (C=O) groups is 1. The molecule has 0 radical (unpaired) electrons. The van der Waals surface area contributed by atoms with Crippen molar-refractivity contribution in [1.29, 1.82) is 0 Å². The number of hydrogen-bond acceptors (Lipinski definition) is 9. The van der Waals surface area contributed by atoms with E-state index in [9.17, 15) is 4.79 Å². The molecule has 0 bridgehead atoms. The molecule has 9 nitrogen and oxygen atoms in total. The monoisotopic (exact) mass is 471 g/mol. The molecule has 1 saturated heterocycles. The zero-order valence-corrected chi connectivity index (χ0v) is 20.3. The molecule has 0 atom stereocenters. The summed E-state index contributed by atoms with van der Waals surface area (Å²) in [5, 5.41) is 0.655. The fourth-order valence-corrected chi connectivity index (χ4v) is 4.93. The lowest BCUT2D eigenvalue weighted by atomic mass is 10.1. The van der Waals surface area contributed by atoms with Gasteiger partial charge in [0.2, 0.25) is 5.88 Å². The van der Waals surface area contributed by atoms with E-state index in [2.05, 4.69) is 40.8 Å². The topological polar surface area (TPSA) is 89.9 Å². The molecule has 0 spiro atoms. The Hall–Kier alpha value is -2.82. The van der Waals surface area contributed by atoms with Gasteiger partial charge in [-0.2, -0.15) is 9.97 Å². The third kappa shape index (κ3) is 5.40. The number of nitrogens with zero attached hydrogens (tertiary/aromatic N) is 5. The minimum atomic E-state index is -0.260. The van der Waals surface area contributed by atoms with E-state index in [0.717, 1.165) is 60.6 Å². The molecule has 33 heavy (non-hydrogen) atoms. The number of thiazole rings is 1. The van der Waals surface area contributed by atoms with Gasteiger partial charge in [-0.3, -0.25) is 14.6 Å². The first-order valence-corrected chi connectivity index (χ1v) is 11.8. The predicted octanol–water partition coefficient (Wildman–Crippen LogP) is 3.09. The van der Waals surface area contributed by atoms with Crippen molar-refractivity contribution in [2.24, 2.45) is 0 Å². The second kappa shape index (κ2) is 10.4. The van der Waals surface area contributed by atoms with Crippen molar-refractivity contribution >= 4 is 32.6 Å². The molecule has 3 aromatic rings. The quantitative estimate of drug-likeness (QED) is 0.495. The van der Waals surface area contributed by atoms with Crippen LogP contribution in [-0.2, 0) is 4.74 Å². The van der Waals surface area contributed by atoms with Gasteiger partial charge in [0.1, 0.15) is 5.69 Å². The SMILES string of the molecule is COc1cc(C(=O)N(CCCN2CCOCC2)c2nc3cc(C)cc(C)c3s2)nc(OC)n1. The molecule has 3 heterocycles. The largest absolute Gasteiger partial charge is 0.481 e. The van der Waals surface area contributed by atoms with E-state index >= 15 is 0 Å². The second-order valence-electron chi connectivity index (χ2n) is 7.97. The summed E-state index contributed by atoms with van der Waals surface area (Å²) >= 11 is 1.52. The summed E-state index contributed by atoms with van der Waals surface area (Å²) in [5.41, 5.74) is 3.40. The number of hydrogen-bond donors (Lipinski definition) is 0. The standard InChI is InChI=1S/C23H29N5O4S/c1-15-12-16(2)20-17(13-15)25-23(33-20)28(7-5-6-27-8-10-32-11-9-27)21(29)18-14-19(30-3)26-22(24-18)31-4/h12-14H,5-11H2,1-4H3. The molecular formula is C23H29N5O4S. The lowest BCUT2D eigenvalue weighted by molar-refractivity contribution is 0.0376. The molecule has 4 rings (SSSR count). The van der Waals surface area contributed by atoms with Crippen LogP contribution in [-0.4, -0.2) is 79.4 Å². The molecule has 0 saturated carbocycles. The van der Waals surface area contributed by atoms with Crippen molar-refractivity contribution in [1.82, 2.24) is 19.9 Å². The Morgan fingerprint density at radius 1 is 1.12 bits per heavy atom. The number of aryl methyl sites for hydroxylation is 2. The molecule has 0 unspecified atom stereocenters. The smallest absolute Gasteiger partial charge is 0.320 e. The molecule has 1 fully saturated rings. The van der Waals surface area contributed by atoms with Crippen LogP contribution in [0.5, 0.6) is 11.9 Å². The molecule has 2 aromatic heterocycles. The summed E-state index contributed by atoms with van der Waals surface area (Å²) in [7, 11) is 2.95. The molecule has 0 aliphatic carbocycles. The van der Waals surface area contributed by atoms with Crippen LogP contribution in [0, 0.1) is 13.8 Å². The zero-order valence-electron chi connectivity index (χ0n) is 19.5. The van der Waals surface area contributed by atoms with Gasteiger partial charge in [0.05, 0.1) is 37.6 Å². The lowest BCUT2D eigenvalue weighted by Crippen LogP contribution is -2.39. The highest BCUT2D eigenvalue weighted by Gasteiger charge is 2.25. The van der Waals surface area contributed by atoms with Crippen molar-refractivity contribution < 1.29 is 19.0 Å². The first-order valence-electron chi connectivity index (χ1n) is 11.0. The fraction of sp³-hybridized carbons (Fsp3) is 0.478. The van der Waals surface area contributed by atoms with Crippen LogP contribution in [0.1, 0.15) is 28.0 Å².